The van der Waals surface area contributed by atoms with Crippen molar-refractivity contribution >= 4 is 35.0 Å². The van der Waals surface area contributed by atoms with Gasteiger partial charge < -0.3 is 34.4 Å². The average Bonchev–Trinajstić information content (AvgIpc) is 3.40. The number of amides is 1. The number of nitrogens with zero attached hydrogens (tertiary/aromatic N) is 10. The Bertz CT molecular complexity index is 2330. The van der Waals surface area contributed by atoms with Crippen LogP contribution in [0.5, 0.6) is 0 Å². The molecule has 5 aliphatic heterocycles. The maximum atomic E-state index is 11.0. The van der Waals surface area contributed by atoms with Crippen LogP contribution in [0.1, 0.15) is 113 Å². The number of aromatic nitrogens is 5. The van der Waals surface area contributed by atoms with Gasteiger partial charge in [0.25, 0.3) is 0 Å². The number of nitrogens with two attached hydrogens (primary N) is 6. The molecule has 10 rings (SSSR count). The summed E-state index contributed by atoms with van der Waals surface area (Å²) < 4.78 is 0. The van der Waals surface area contributed by atoms with Gasteiger partial charge in [0.1, 0.15) is 29.1 Å². The van der Waals surface area contributed by atoms with Crippen LogP contribution in [0.15, 0.2) is 91.6 Å². The van der Waals surface area contributed by atoms with Gasteiger partial charge in [-0.15, -0.1) is 0 Å². The fraction of sp³-hybridized carbons (Fsp3) is 0.552. The van der Waals surface area contributed by atoms with Crippen molar-refractivity contribution in [2.75, 3.05) is 94.1 Å². The fourth-order valence-electron chi connectivity index (χ4n) is 10.4. The minimum Gasteiger partial charge on any atom is -0.384 e. The Kier molecular flexibility index (Phi) is 24.2. The normalized spacial score (nSPS) is 20.0. The fourth-order valence-corrected chi connectivity index (χ4v) is 10.4. The highest BCUT2D eigenvalue weighted by molar-refractivity contribution is 5.76. The van der Waals surface area contributed by atoms with Gasteiger partial charge in [-0.1, -0.05) is 63.9 Å². The van der Waals surface area contributed by atoms with E-state index in [2.05, 4.69) is 88.4 Å². The van der Waals surface area contributed by atoms with Crippen molar-refractivity contribution < 1.29 is 4.79 Å². The van der Waals surface area contributed by atoms with E-state index in [1.807, 2.05) is 67.3 Å². The van der Waals surface area contributed by atoms with Gasteiger partial charge in [0.05, 0.1) is 0 Å². The summed E-state index contributed by atoms with van der Waals surface area (Å²) in [6.45, 7) is 23.4. The number of hydrogen-bond acceptors (Lipinski definition) is 16. The predicted octanol–water partition coefficient (Wildman–Crippen LogP) is 7.31. The molecule has 5 aromatic heterocycles. The Hall–Kier alpha value is -5.98. The van der Waals surface area contributed by atoms with E-state index in [1.165, 1.54) is 126 Å². The summed E-state index contributed by atoms with van der Waals surface area (Å²) in [6, 6.07) is 19.6. The lowest BCUT2D eigenvalue weighted by Crippen LogP contribution is -2.44. The summed E-state index contributed by atoms with van der Waals surface area (Å²) in [4.78, 5) is 43.8. The molecule has 12 N–H and O–H groups in total. The van der Waals surface area contributed by atoms with Crippen molar-refractivity contribution in [3.63, 3.8) is 0 Å². The predicted molar refractivity (Wildman–Crippen MR) is 306 cm³/mol. The number of rotatable bonds is 12. The highest BCUT2D eigenvalue weighted by Crippen LogP contribution is 2.23. The summed E-state index contributed by atoms with van der Waals surface area (Å²) in [5, 5.41) is 0. The molecule has 5 aliphatic rings. The third kappa shape index (κ3) is 22.0. The van der Waals surface area contributed by atoms with Crippen LogP contribution in [0.3, 0.4) is 0 Å². The summed E-state index contributed by atoms with van der Waals surface area (Å²) in [7, 11) is 0. The van der Waals surface area contributed by atoms with E-state index in [0.717, 1.165) is 82.0 Å². The molecular formula is C58H90N16O. The standard InChI is InChI=1S/C13H21N3.C12H18N4O.C12H19N3.C11H17N3.C10H15N3/c1-2-11-4-3-7-16(9-11)10-12-5-6-13(14)15-8-12;13-11-2-1-9(7-15-11)8-16-5-3-10(4-6-16)12(14)17;1-10-3-2-6-15(8-10)9-11-4-5-12(13)14-7-11;12-11-5-4-10(8-13-11)9-14-6-2-1-3-7-14;1-8-5-13(6-8)7-9-2-3-10(11)12-4-9/h5-6,8,11H,2-4,7,9-10H2,1H3,(H2,14,15);1-2,7,10H,3-6,8H2,(H2,13,15)(H2,14,17);4-5,7,10H,2-3,6,8-9H2,1H3,(H2,13,14);4-5,8H,1-3,6-7,9H2,(H2,12,13);2-4,8H,5-7H2,1H3,(H2,11,12). The van der Waals surface area contributed by atoms with E-state index in [1.54, 1.807) is 6.20 Å². The van der Waals surface area contributed by atoms with E-state index in [9.17, 15) is 4.79 Å². The van der Waals surface area contributed by atoms with E-state index < -0.39 is 0 Å². The Morgan fingerprint density at radius 1 is 0.427 bits per heavy atom. The van der Waals surface area contributed by atoms with Crippen molar-refractivity contribution in [3.05, 3.63) is 119 Å². The van der Waals surface area contributed by atoms with Gasteiger partial charge in [-0.05, 0) is 167 Å². The van der Waals surface area contributed by atoms with E-state index in [0.29, 0.717) is 29.1 Å². The number of likely N-dealkylation sites (tertiary alicyclic amines) is 5. The van der Waals surface area contributed by atoms with Crippen molar-refractivity contribution in [1.82, 2.24) is 49.4 Å². The third-order valence-corrected chi connectivity index (χ3v) is 14.8. The number of primary amides is 1. The monoisotopic (exact) mass is 1030 g/mol. The van der Waals surface area contributed by atoms with E-state index >= 15 is 0 Å². The molecule has 0 bridgehead atoms. The molecule has 75 heavy (non-hydrogen) atoms. The van der Waals surface area contributed by atoms with Gasteiger partial charge in [0.15, 0.2) is 0 Å². The second-order valence-electron chi connectivity index (χ2n) is 21.7. The number of carbonyl (C=O) groups is 1. The highest BCUT2D eigenvalue weighted by Gasteiger charge is 2.24. The molecule has 0 radical (unpaired) electrons. The molecule has 5 saturated heterocycles. The first-order valence-corrected chi connectivity index (χ1v) is 27.7. The molecule has 17 heteroatoms. The lowest BCUT2D eigenvalue weighted by Gasteiger charge is -2.37. The maximum Gasteiger partial charge on any atom is 0.220 e. The zero-order valence-electron chi connectivity index (χ0n) is 45.5. The van der Waals surface area contributed by atoms with Crippen LogP contribution in [0.25, 0.3) is 0 Å². The summed E-state index contributed by atoms with van der Waals surface area (Å²) >= 11 is 0. The van der Waals surface area contributed by atoms with Gasteiger partial charge >= 0.3 is 0 Å². The lowest BCUT2D eigenvalue weighted by molar-refractivity contribution is -0.123. The molecule has 5 aromatic rings. The van der Waals surface area contributed by atoms with Crippen LogP contribution < -0.4 is 34.4 Å². The molecule has 2 unspecified atom stereocenters. The average molecular weight is 1030 g/mol. The Morgan fingerprint density at radius 3 is 1.13 bits per heavy atom. The smallest absolute Gasteiger partial charge is 0.220 e. The largest absolute Gasteiger partial charge is 0.384 e. The highest BCUT2D eigenvalue weighted by atomic mass is 16.1. The number of hydrogen-bond donors (Lipinski definition) is 6. The van der Waals surface area contributed by atoms with Crippen LogP contribution in [0, 0.1) is 23.7 Å². The number of nitrogen functional groups attached to an aromatic ring is 5. The van der Waals surface area contributed by atoms with Crippen molar-refractivity contribution in [3.8, 4) is 0 Å². The second kappa shape index (κ2) is 31.2. The molecule has 10 heterocycles. The van der Waals surface area contributed by atoms with Gasteiger partial charge in [-0.25, -0.2) is 24.9 Å². The van der Waals surface area contributed by atoms with Gasteiger partial charge in [0, 0.05) is 95.8 Å². The summed E-state index contributed by atoms with van der Waals surface area (Å²) in [5.74, 6) is 5.42. The SMILES string of the molecule is CC1CCCN(Cc2ccc(N)nc2)C1.CC1CN(Cc2ccc(N)nc2)C1.CCC1CCCN(Cc2ccc(N)nc2)C1.NC(=O)C1CCN(Cc2ccc(N)nc2)CC1.Nc1ccc(CN2CCCCC2)cn1. The van der Waals surface area contributed by atoms with Crippen LogP contribution in [-0.2, 0) is 37.5 Å². The first kappa shape index (κ1) is 58.3. The zero-order chi connectivity index (χ0) is 53.4. The van der Waals surface area contributed by atoms with E-state index in [-0.39, 0.29) is 11.8 Å². The molecule has 408 valence electrons. The first-order valence-electron chi connectivity index (χ1n) is 27.7. The number of piperidine rings is 4. The molecule has 1 amide bonds. The minimum atomic E-state index is -0.168. The Balaban J connectivity index is 0.000000153. The third-order valence-electron chi connectivity index (χ3n) is 14.8. The summed E-state index contributed by atoms with van der Waals surface area (Å²) in [6.07, 6.45) is 21.8. The number of pyridine rings is 5. The summed E-state index contributed by atoms with van der Waals surface area (Å²) in [5.41, 5.74) is 39.2. The lowest BCUT2D eigenvalue weighted by atomic mass is 9.95. The molecule has 0 aromatic carbocycles. The molecule has 0 aliphatic carbocycles. The number of carbonyl (C=O) groups excluding carboxylic acids is 1. The topological polar surface area (TPSA) is 254 Å². The van der Waals surface area contributed by atoms with Crippen LogP contribution >= 0.6 is 0 Å². The Labute approximate surface area is 448 Å². The van der Waals surface area contributed by atoms with Crippen molar-refractivity contribution in [2.24, 2.45) is 29.4 Å². The zero-order valence-corrected chi connectivity index (χ0v) is 45.5. The quantitative estimate of drug-likeness (QED) is 0.0716. The Morgan fingerprint density at radius 2 is 0.773 bits per heavy atom. The van der Waals surface area contributed by atoms with Crippen molar-refractivity contribution in [2.45, 2.75) is 118 Å². The van der Waals surface area contributed by atoms with Gasteiger partial charge in [0.2, 0.25) is 5.91 Å². The van der Waals surface area contributed by atoms with E-state index in [4.69, 9.17) is 34.4 Å². The molecule has 2 atom stereocenters. The molecule has 17 nitrogen and oxygen atoms in total. The minimum absolute atomic E-state index is 0.0517. The molecule has 0 spiro atoms. The van der Waals surface area contributed by atoms with Gasteiger partial charge in [-0.2, -0.15) is 0 Å². The second-order valence-corrected chi connectivity index (χ2v) is 21.7. The maximum absolute atomic E-state index is 11.0. The van der Waals surface area contributed by atoms with Crippen LogP contribution in [-0.4, -0.2) is 121 Å². The molecule has 5 fully saturated rings. The first-order chi connectivity index (χ1) is 36.2. The number of anilines is 5. The van der Waals surface area contributed by atoms with Gasteiger partial charge in [-0.3, -0.25) is 29.3 Å². The van der Waals surface area contributed by atoms with Crippen molar-refractivity contribution in [1.29, 1.82) is 0 Å². The van der Waals surface area contributed by atoms with Crippen LogP contribution in [0.4, 0.5) is 29.1 Å². The van der Waals surface area contributed by atoms with Crippen LogP contribution in [0.2, 0.25) is 0 Å². The molecular weight excluding hydrogens is 937 g/mol. The molecule has 0 saturated carbocycles.